The van der Waals surface area contributed by atoms with E-state index < -0.39 is 0 Å². The third-order valence-corrected chi connectivity index (χ3v) is 1.28. The number of carbonyl (C=O) groups is 1. The number of amides is 1. The Bertz CT molecular complexity index is 195. The van der Waals surface area contributed by atoms with Gasteiger partial charge in [-0.1, -0.05) is 0 Å². The Morgan fingerprint density at radius 3 is 3.10 bits per heavy atom. The van der Waals surface area contributed by atoms with E-state index in [2.05, 4.69) is 10.3 Å². The molecule has 1 aromatic heterocycles. The topological polar surface area (TPSA) is 46.9 Å². The Labute approximate surface area is 58.9 Å². The molecular weight excluding hydrogens is 130 g/mol. The van der Waals surface area contributed by atoms with Gasteiger partial charge in [-0.25, -0.2) is 4.98 Å². The molecule has 1 rings (SSSR count). The summed E-state index contributed by atoms with van der Waals surface area (Å²) in [6.45, 7) is 1.87. The van der Waals surface area contributed by atoms with Crippen LogP contribution in [0.1, 0.15) is 13.1 Å². The van der Waals surface area contributed by atoms with Crippen LogP contribution >= 0.6 is 0 Å². The molecule has 4 nitrogen and oxygen atoms in total. The molecule has 0 bridgehead atoms. The summed E-state index contributed by atoms with van der Waals surface area (Å²) < 4.78 is 1.80. The zero-order chi connectivity index (χ0) is 7.40. The largest absolute Gasteiger partial charge is 0.338 e. The van der Waals surface area contributed by atoms with Crippen LogP contribution in [0.25, 0.3) is 0 Å². The van der Waals surface area contributed by atoms with Crippen molar-refractivity contribution >= 4 is 6.41 Å². The van der Waals surface area contributed by atoms with Crippen molar-refractivity contribution < 1.29 is 4.79 Å². The highest BCUT2D eigenvalue weighted by molar-refractivity contribution is 5.46. The van der Waals surface area contributed by atoms with Gasteiger partial charge in [0.2, 0.25) is 6.41 Å². The summed E-state index contributed by atoms with van der Waals surface area (Å²) in [6.07, 6.45) is 5.77. The summed E-state index contributed by atoms with van der Waals surface area (Å²) in [4.78, 5) is 13.8. The smallest absolute Gasteiger partial charge is 0.208 e. The average Bonchev–Trinajstić information content (AvgIpc) is 2.38. The molecule has 1 atom stereocenters. The number of nitrogens with zero attached hydrogens (tertiary/aromatic N) is 2. The number of hydrogen-bond acceptors (Lipinski definition) is 2. The van der Waals surface area contributed by atoms with Gasteiger partial charge in [0.15, 0.2) is 0 Å². The molecule has 54 valence electrons. The fourth-order valence-corrected chi connectivity index (χ4v) is 0.683. The first-order valence-corrected chi connectivity index (χ1v) is 3.01. The number of hydrogen-bond donors (Lipinski definition) is 1. The molecule has 0 saturated carbocycles. The summed E-state index contributed by atoms with van der Waals surface area (Å²) >= 11 is 0. The maximum atomic E-state index is 9.97. The molecule has 0 aliphatic heterocycles. The van der Waals surface area contributed by atoms with Crippen LogP contribution in [0, 0.1) is 0 Å². The van der Waals surface area contributed by atoms with Gasteiger partial charge in [-0.3, -0.25) is 4.79 Å². The van der Waals surface area contributed by atoms with Crippen molar-refractivity contribution in [3.05, 3.63) is 18.7 Å². The zero-order valence-electron chi connectivity index (χ0n) is 5.69. The van der Waals surface area contributed by atoms with Gasteiger partial charge in [-0.2, -0.15) is 0 Å². The van der Waals surface area contributed by atoms with Crippen LogP contribution in [-0.4, -0.2) is 16.0 Å². The van der Waals surface area contributed by atoms with Gasteiger partial charge in [0.25, 0.3) is 0 Å². The second-order valence-corrected chi connectivity index (χ2v) is 1.97. The monoisotopic (exact) mass is 139 g/mol. The van der Waals surface area contributed by atoms with Gasteiger partial charge >= 0.3 is 0 Å². The molecule has 0 aromatic carbocycles. The third-order valence-electron chi connectivity index (χ3n) is 1.28. The molecule has 0 saturated heterocycles. The van der Waals surface area contributed by atoms with E-state index in [0.717, 1.165) is 0 Å². The van der Waals surface area contributed by atoms with Crippen LogP contribution in [0.3, 0.4) is 0 Å². The number of rotatable bonds is 3. The van der Waals surface area contributed by atoms with Gasteiger partial charge in [-0.15, -0.1) is 0 Å². The van der Waals surface area contributed by atoms with Crippen molar-refractivity contribution in [3.63, 3.8) is 0 Å². The number of carbonyl (C=O) groups excluding carboxylic acids is 1. The molecular formula is C6H9N3O. The van der Waals surface area contributed by atoms with Gasteiger partial charge in [0.1, 0.15) is 6.17 Å². The van der Waals surface area contributed by atoms with Crippen LogP contribution in [0.15, 0.2) is 18.7 Å². The highest BCUT2D eigenvalue weighted by Crippen LogP contribution is 1.96. The van der Waals surface area contributed by atoms with E-state index in [-0.39, 0.29) is 6.17 Å². The van der Waals surface area contributed by atoms with Crippen LogP contribution in [0.2, 0.25) is 0 Å². The fraction of sp³-hybridized carbons (Fsp3) is 0.333. The van der Waals surface area contributed by atoms with Crippen LogP contribution in [0.5, 0.6) is 0 Å². The molecule has 4 heteroatoms. The maximum Gasteiger partial charge on any atom is 0.208 e. The minimum atomic E-state index is -0.0139. The predicted octanol–water partition coefficient (Wildman–Crippen LogP) is 0.148. The Hall–Kier alpha value is -1.32. The minimum absolute atomic E-state index is 0.0139. The lowest BCUT2D eigenvalue weighted by molar-refractivity contribution is -0.110. The summed E-state index contributed by atoms with van der Waals surface area (Å²) in [7, 11) is 0. The zero-order valence-corrected chi connectivity index (χ0v) is 5.69. The first kappa shape index (κ1) is 6.80. The lowest BCUT2D eigenvalue weighted by atomic mass is 10.5. The van der Waals surface area contributed by atoms with Gasteiger partial charge in [-0.05, 0) is 6.92 Å². The second kappa shape index (κ2) is 3.00. The molecule has 1 unspecified atom stereocenters. The number of nitrogens with one attached hydrogen (secondary N) is 1. The van der Waals surface area contributed by atoms with E-state index >= 15 is 0 Å². The first-order chi connectivity index (χ1) is 4.84. The average molecular weight is 139 g/mol. The van der Waals surface area contributed by atoms with Crippen LogP contribution in [0.4, 0.5) is 0 Å². The van der Waals surface area contributed by atoms with Gasteiger partial charge in [0.05, 0.1) is 6.33 Å². The molecule has 0 aliphatic carbocycles. The van der Waals surface area contributed by atoms with E-state index in [0.29, 0.717) is 6.41 Å². The Balaban J connectivity index is 2.58. The maximum absolute atomic E-state index is 9.97. The quantitative estimate of drug-likeness (QED) is 0.606. The van der Waals surface area contributed by atoms with Crippen molar-refractivity contribution in [2.45, 2.75) is 13.1 Å². The summed E-state index contributed by atoms with van der Waals surface area (Å²) in [5, 5.41) is 2.59. The van der Waals surface area contributed by atoms with Crippen molar-refractivity contribution in [2.75, 3.05) is 0 Å². The van der Waals surface area contributed by atoms with E-state index in [1.807, 2.05) is 6.92 Å². The molecule has 1 aromatic rings. The Morgan fingerprint density at radius 2 is 2.60 bits per heavy atom. The molecule has 0 radical (unpaired) electrons. The van der Waals surface area contributed by atoms with Crippen molar-refractivity contribution in [2.24, 2.45) is 0 Å². The second-order valence-electron chi connectivity index (χ2n) is 1.97. The third kappa shape index (κ3) is 1.34. The molecule has 0 aliphatic rings. The van der Waals surface area contributed by atoms with E-state index in [1.54, 1.807) is 23.3 Å². The van der Waals surface area contributed by atoms with Crippen LogP contribution in [-0.2, 0) is 4.79 Å². The summed E-state index contributed by atoms with van der Waals surface area (Å²) in [5.74, 6) is 0. The normalized spacial score (nSPS) is 12.5. The van der Waals surface area contributed by atoms with Gasteiger partial charge in [0, 0.05) is 12.4 Å². The SMILES string of the molecule is CC(NC=O)n1ccnc1. The van der Waals surface area contributed by atoms with E-state index in [9.17, 15) is 4.79 Å². The standard InChI is InChI=1S/C6H9N3O/c1-6(8-5-10)9-3-2-7-4-9/h2-6H,1H3,(H,8,10). The molecule has 1 amide bonds. The van der Waals surface area contributed by atoms with Crippen LogP contribution < -0.4 is 5.32 Å². The molecule has 10 heavy (non-hydrogen) atoms. The first-order valence-electron chi connectivity index (χ1n) is 3.01. The highest BCUT2D eigenvalue weighted by Gasteiger charge is 1.97. The summed E-state index contributed by atoms with van der Waals surface area (Å²) in [6, 6.07) is 0. The minimum Gasteiger partial charge on any atom is -0.338 e. The lowest BCUT2D eigenvalue weighted by Crippen LogP contribution is -2.21. The highest BCUT2D eigenvalue weighted by atomic mass is 16.1. The molecule has 0 fully saturated rings. The summed E-state index contributed by atoms with van der Waals surface area (Å²) in [5.41, 5.74) is 0. The number of imidazole rings is 1. The molecule has 1 heterocycles. The molecule has 1 N–H and O–H groups in total. The number of aromatic nitrogens is 2. The Kier molecular flexibility index (Phi) is 2.04. The Morgan fingerprint density at radius 1 is 1.80 bits per heavy atom. The van der Waals surface area contributed by atoms with Crippen molar-refractivity contribution in [1.82, 2.24) is 14.9 Å². The lowest BCUT2D eigenvalue weighted by Gasteiger charge is -2.09. The van der Waals surface area contributed by atoms with Gasteiger partial charge < -0.3 is 9.88 Å². The van der Waals surface area contributed by atoms with E-state index in [1.165, 1.54) is 0 Å². The van der Waals surface area contributed by atoms with Crippen molar-refractivity contribution in [3.8, 4) is 0 Å². The molecule has 0 spiro atoms. The van der Waals surface area contributed by atoms with E-state index in [4.69, 9.17) is 0 Å². The fourth-order valence-electron chi connectivity index (χ4n) is 0.683. The predicted molar refractivity (Wildman–Crippen MR) is 36.1 cm³/mol. The van der Waals surface area contributed by atoms with Crippen molar-refractivity contribution in [1.29, 1.82) is 0 Å².